The van der Waals surface area contributed by atoms with E-state index < -0.39 is 6.23 Å². The quantitative estimate of drug-likeness (QED) is 0.427. The number of aliphatic hydroxyl groups excluding tert-OH is 1. The van der Waals surface area contributed by atoms with Crippen molar-refractivity contribution in [3.63, 3.8) is 0 Å². The number of aromatic nitrogens is 3. The van der Waals surface area contributed by atoms with Gasteiger partial charge in [-0.15, -0.1) is 0 Å². The Morgan fingerprint density at radius 2 is 2.26 bits per heavy atom. The van der Waals surface area contributed by atoms with E-state index >= 15 is 0 Å². The lowest BCUT2D eigenvalue weighted by atomic mass is 10.2. The number of hydrogen-bond acceptors (Lipinski definition) is 8. The molecule has 1 unspecified atom stereocenters. The van der Waals surface area contributed by atoms with Crippen LogP contribution in [0.5, 0.6) is 5.75 Å². The second kappa shape index (κ2) is 8.49. The number of methoxy groups -OCH3 is 1. The van der Waals surface area contributed by atoms with Crippen molar-refractivity contribution in [3.05, 3.63) is 30.0 Å². The van der Waals surface area contributed by atoms with Gasteiger partial charge in [-0.05, 0) is 25.0 Å². The van der Waals surface area contributed by atoms with Crippen LogP contribution in [0.1, 0.15) is 31.7 Å². The molecule has 10 nitrogen and oxygen atoms in total. The smallest absolute Gasteiger partial charge is 0.231 e. The predicted molar refractivity (Wildman–Crippen MR) is 116 cm³/mol. The molecule has 0 saturated carbocycles. The Labute approximate surface area is 178 Å². The molecule has 1 aliphatic rings. The monoisotopic (exact) mass is 421 g/mol. The lowest BCUT2D eigenvalue weighted by Crippen LogP contribution is -2.23. The number of ether oxygens (including phenoxy) is 1. The van der Waals surface area contributed by atoms with E-state index in [0.717, 1.165) is 12.1 Å². The molecule has 1 aromatic carbocycles. The number of nitriles is 1. The molecule has 3 aromatic rings. The van der Waals surface area contributed by atoms with Crippen LogP contribution in [-0.4, -0.2) is 45.8 Å². The van der Waals surface area contributed by atoms with Crippen LogP contribution >= 0.6 is 0 Å². The van der Waals surface area contributed by atoms with Crippen LogP contribution < -0.4 is 20.3 Å². The predicted octanol–water partition coefficient (Wildman–Crippen LogP) is 2.85. The van der Waals surface area contributed by atoms with Gasteiger partial charge in [0, 0.05) is 30.9 Å². The molecule has 31 heavy (non-hydrogen) atoms. The molecule has 1 aliphatic heterocycles. The summed E-state index contributed by atoms with van der Waals surface area (Å²) in [6.07, 6.45) is 2.59. The van der Waals surface area contributed by atoms with E-state index in [1.165, 1.54) is 0 Å². The number of fused-ring (bicyclic) bond motifs is 1. The van der Waals surface area contributed by atoms with Gasteiger partial charge in [-0.25, -0.2) is 0 Å². The number of aliphatic hydroxyl groups is 1. The molecule has 2 aromatic heterocycles. The van der Waals surface area contributed by atoms with Crippen molar-refractivity contribution in [1.82, 2.24) is 15.0 Å². The molecule has 0 spiro atoms. The Bertz CT molecular complexity index is 1170. The first-order valence-corrected chi connectivity index (χ1v) is 10.0. The number of anilines is 4. The summed E-state index contributed by atoms with van der Waals surface area (Å²) in [5.74, 6) is 1.24. The maximum atomic E-state index is 12.0. The van der Waals surface area contributed by atoms with E-state index in [2.05, 4.69) is 31.7 Å². The minimum atomic E-state index is -0.820. The third-order valence-corrected chi connectivity index (χ3v) is 5.16. The van der Waals surface area contributed by atoms with Crippen molar-refractivity contribution in [2.45, 2.75) is 32.4 Å². The van der Waals surface area contributed by atoms with Crippen LogP contribution in [0.3, 0.4) is 0 Å². The molecule has 1 fully saturated rings. The number of hydrogen-bond donors (Lipinski definition) is 4. The normalized spacial score (nSPS) is 14.5. The first kappa shape index (κ1) is 20.4. The average molecular weight is 421 g/mol. The second-order valence-electron chi connectivity index (χ2n) is 7.16. The standard InChI is InChI=1S/C21H23N7O3/c1-3-16(29)25-20-18-12(10-22)11-23-19(18)26-21(27-20)24-14-7-6-13(9-15(14)31-2)28-8-4-5-17(28)30/h6-7,9,11,16,29H,3-5,8H2,1-2H3,(H3,23,24,25,26,27). The van der Waals surface area contributed by atoms with Gasteiger partial charge >= 0.3 is 0 Å². The number of carbonyl (C=O) groups is 1. The van der Waals surface area contributed by atoms with Gasteiger partial charge in [-0.1, -0.05) is 6.92 Å². The maximum absolute atomic E-state index is 12.0. The van der Waals surface area contributed by atoms with Gasteiger partial charge < -0.3 is 30.4 Å². The Morgan fingerprint density at radius 3 is 2.94 bits per heavy atom. The highest BCUT2D eigenvalue weighted by molar-refractivity contribution is 5.96. The number of amides is 1. The molecule has 10 heteroatoms. The Morgan fingerprint density at radius 1 is 1.42 bits per heavy atom. The number of benzene rings is 1. The van der Waals surface area contributed by atoms with Crippen LogP contribution in [-0.2, 0) is 4.79 Å². The third-order valence-electron chi connectivity index (χ3n) is 5.16. The third kappa shape index (κ3) is 3.95. The summed E-state index contributed by atoms with van der Waals surface area (Å²) in [5, 5.41) is 26.0. The van der Waals surface area contributed by atoms with Crippen molar-refractivity contribution < 1.29 is 14.6 Å². The van der Waals surface area contributed by atoms with Crippen molar-refractivity contribution in [2.75, 3.05) is 29.2 Å². The molecule has 0 aliphatic carbocycles. The Kier molecular flexibility index (Phi) is 5.60. The van der Waals surface area contributed by atoms with Crippen LogP contribution in [0.4, 0.5) is 23.1 Å². The minimum Gasteiger partial charge on any atom is -0.494 e. The summed E-state index contributed by atoms with van der Waals surface area (Å²) in [5.41, 5.74) is 2.23. The highest BCUT2D eigenvalue weighted by atomic mass is 16.5. The van der Waals surface area contributed by atoms with E-state index in [0.29, 0.717) is 53.2 Å². The number of H-pyrrole nitrogens is 1. The van der Waals surface area contributed by atoms with Crippen LogP contribution in [0.2, 0.25) is 0 Å². The number of carbonyl (C=O) groups excluding carboxylic acids is 1. The molecule has 4 rings (SSSR count). The highest BCUT2D eigenvalue weighted by Gasteiger charge is 2.23. The second-order valence-corrected chi connectivity index (χ2v) is 7.16. The van der Waals surface area contributed by atoms with E-state index in [1.54, 1.807) is 30.3 Å². The zero-order chi connectivity index (χ0) is 22.0. The van der Waals surface area contributed by atoms with Gasteiger partial charge in [0.15, 0.2) is 0 Å². The summed E-state index contributed by atoms with van der Waals surface area (Å²) in [7, 11) is 1.55. The average Bonchev–Trinajstić information content (AvgIpc) is 3.39. The first-order valence-electron chi connectivity index (χ1n) is 10.0. The molecular weight excluding hydrogens is 398 g/mol. The summed E-state index contributed by atoms with van der Waals surface area (Å²) in [6, 6.07) is 7.54. The van der Waals surface area contributed by atoms with E-state index in [1.807, 2.05) is 13.0 Å². The van der Waals surface area contributed by atoms with Crippen molar-refractivity contribution in [2.24, 2.45) is 0 Å². The topological polar surface area (TPSA) is 139 Å². The fourth-order valence-electron chi connectivity index (χ4n) is 3.53. The number of nitrogens with zero attached hydrogens (tertiary/aromatic N) is 4. The van der Waals surface area contributed by atoms with E-state index in [4.69, 9.17) is 4.74 Å². The van der Waals surface area contributed by atoms with Gasteiger partial charge in [0.25, 0.3) is 0 Å². The van der Waals surface area contributed by atoms with Gasteiger partial charge in [-0.3, -0.25) is 4.79 Å². The maximum Gasteiger partial charge on any atom is 0.231 e. The van der Waals surface area contributed by atoms with E-state index in [-0.39, 0.29) is 11.9 Å². The highest BCUT2D eigenvalue weighted by Crippen LogP contribution is 2.34. The molecule has 1 atom stereocenters. The van der Waals surface area contributed by atoms with Gasteiger partial charge in [0.05, 0.1) is 23.7 Å². The molecule has 160 valence electrons. The SMILES string of the molecule is CCC(O)Nc1nc(Nc2ccc(N3CCCC3=O)cc2OC)nc2[nH]cc(C#N)c12. The minimum absolute atomic E-state index is 0.0989. The number of nitrogens with one attached hydrogen (secondary N) is 3. The molecule has 1 saturated heterocycles. The van der Waals surface area contributed by atoms with Gasteiger partial charge in [-0.2, -0.15) is 15.2 Å². The van der Waals surface area contributed by atoms with Gasteiger partial charge in [0.2, 0.25) is 11.9 Å². The zero-order valence-corrected chi connectivity index (χ0v) is 17.3. The molecule has 3 heterocycles. The van der Waals surface area contributed by atoms with Crippen molar-refractivity contribution >= 4 is 40.1 Å². The lowest BCUT2D eigenvalue weighted by Gasteiger charge is -2.19. The molecule has 4 N–H and O–H groups in total. The number of aromatic amines is 1. The summed E-state index contributed by atoms with van der Waals surface area (Å²) < 4.78 is 5.51. The fourth-order valence-corrected chi connectivity index (χ4v) is 3.53. The number of rotatable bonds is 7. The first-order chi connectivity index (χ1) is 15.0. The van der Waals surface area contributed by atoms with Crippen molar-refractivity contribution in [3.8, 4) is 11.8 Å². The summed E-state index contributed by atoms with van der Waals surface area (Å²) in [4.78, 5) is 25.7. The molecule has 1 amide bonds. The zero-order valence-electron chi connectivity index (χ0n) is 17.3. The van der Waals surface area contributed by atoms with Crippen LogP contribution in [0, 0.1) is 11.3 Å². The fraction of sp³-hybridized carbons (Fsp3) is 0.333. The summed E-state index contributed by atoms with van der Waals surface area (Å²) >= 11 is 0. The molecule has 0 radical (unpaired) electrons. The Balaban J connectivity index is 1.69. The largest absolute Gasteiger partial charge is 0.494 e. The van der Waals surface area contributed by atoms with Gasteiger partial charge in [0.1, 0.15) is 29.5 Å². The van der Waals surface area contributed by atoms with Crippen LogP contribution in [0.15, 0.2) is 24.4 Å². The molecule has 0 bridgehead atoms. The Hall–Kier alpha value is -3.84. The lowest BCUT2D eigenvalue weighted by molar-refractivity contribution is -0.117. The molecular formula is C21H23N7O3. The van der Waals surface area contributed by atoms with Crippen molar-refractivity contribution in [1.29, 1.82) is 5.26 Å². The summed E-state index contributed by atoms with van der Waals surface area (Å²) in [6.45, 7) is 2.52. The van der Waals surface area contributed by atoms with E-state index in [9.17, 15) is 15.2 Å². The van der Waals surface area contributed by atoms with Crippen LogP contribution in [0.25, 0.3) is 11.0 Å².